The monoisotopic (exact) mass is 65.0 g/mol. The Morgan fingerprint density at radius 1 is 2.00 bits per heavy atom. The molecule has 0 aliphatic rings. The first-order chi connectivity index (χ1) is 2.27. The van der Waals surface area contributed by atoms with Gasteiger partial charge in [0.2, 0.25) is 0 Å². The Hall–Kier alpha value is -0.200. The standard InChI is InChI=1S/C2H3B2O/c1-2(5)4-3/h1H3. The van der Waals surface area contributed by atoms with Crippen molar-refractivity contribution in [3.63, 3.8) is 0 Å². The van der Waals surface area contributed by atoms with Crippen LogP contribution in [0, 0.1) is 0 Å². The Morgan fingerprint density at radius 2 is 2.20 bits per heavy atom. The fraction of sp³-hybridized carbons (Fsp3) is 0.500. The van der Waals surface area contributed by atoms with Gasteiger partial charge in [0.15, 0.2) is 0 Å². The summed E-state index contributed by atoms with van der Waals surface area (Å²) in [5, 5.41) is 0. The molecule has 0 aromatic carbocycles. The van der Waals surface area contributed by atoms with Crippen LogP contribution in [0.3, 0.4) is 0 Å². The molecule has 0 rings (SSSR count). The van der Waals surface area contributed by atoms with E-state index in [1.54, 1.807) is 0 Å². The fourth-order valence-electron chi connectivity index (χ4n) is 0. The van der Waals surface area contributed by atoms with Crippen LogP contribution in [0.1, 0.15) is 6.92 Å². The SMILES string of the molecule is [B]=BC(C)=O. The van der Waals surface area contributed by atoms with E-state index in [-0.39, 0.29) is 5.68 Å². The van der Waals surface area contributed by atoms with Crippen molar-refractivity contribution in [2.75, 3.05) is 0 Å². The number of hydrogen-bond donors (Lipinski definition) is 0. The van der Waals surface area contributed by atoms with E-state index in [2.05, 4.69) is 0 Å². The Bertz CT molecular complexity index is 58.7. The van der Waals surface area contributed by atoms with Crippen molar-refractivity contribution >= 4 is 19.9 Å². The van der Waals surface area contributed by atoms with Gasteiger partial charge in [-0.05, 0) is 0 Å². The van der Waals surface area contributed by atoms with Crippen LogP contribution in [-0.2, 0) is 4.79 Å². The first-order valence-electron chi connectivity index (χ1n) is 1.33. The molecular weight excluding hydrogens is 61.6 g/mol. The molecule has 0 aliphatic carbocycles. The first kappa shape index (κ1) is 4.80. The molecule has 5 heavy (non-hydrogen) atoms. The minimum atomic E-state index is -0.0926. The Morgan fingerprint density at radius 3 is 2.20 bits per heavy atom. The van der Waals surface area contributed by atoms with Gasteiger partial charge in [0.1, 0.15) is 0 Å². The summed E-state index contributed by atoms with van der Waals surface area (Å²) in [6.45, 7) is 2.43. The maximum atomic E-state index is 9.63. The van der Waals surface area contributed by atoms with Crippen LogP contribution in [0.5, 0.6) is 0 Å². The topological polar surface area (TPSA) is 17.1 Å². The van der Waals surface area contributed by atoms with Gasteiger partial charge in [-0.3, -0.25) is 0 Å². The predicted molar refractivity (Wildman–Crippen MR) is 22.2 cm³/mol. The molecule has 3 heteroatoms. The summed E-state index contributed by atoms with van der Waals surface area (Å²) in [5.41, 5.74) is -0.0926. The molecule has 0 saturated heterocycles. The average molecular weight is 64.7 g/mol. The number of carbonyl (C=O) groups excluding carboxylic acids is 1. The quantitative estimate of drug-likeness (QED) is 0.370. The molecule has 0 saturated carbocycles. The van der Waals surface area contributed by atoms with E-state index >= 15 is 0 Å². The van der Waals surface area contributed by atoms with Gasteiger partial charge in [0.25, 0.3) is 0 Å². The van der Waals surface area contributed by atoms with Gasteiger partial charge in [-0.15, -0.1) is 0 Å². The summed E-state index contributed by atoms with van der Waals surface area (Å²) in [7, 11) is 4.70. The summed E-state index contributed by atoms with van der Waals surface area (Å²) < 4.78 is 0. The first-order valence-corrected chi connectivity index (χ1v) is 1.33. The van der Waals surface area contributed by atoms with Crippen molar-refractivity contribution in [2.24, 2.45) is 0 Å². The van der Waals surface area contributed by atoms with Crippen molar-refractivity contribution in [1.29, 1.82) is 0 Å². The Labute approximate surface area is 32.7 Å². The molecule has 0 bridgehead atoms. The summed E-state index contributed by atoms with van der Waals surface area (Å²) in [4.78, 5) is 9.63. The van der Waals surface area contributed by atoms with Gasteiger partial charge in [-0.2, -0.15) is 0 Å². The molecule has 23 valence electrons. The predicted octanol–water partition coefficient (Wildman–Crippen LogP) is -0.679. The second-order valence-electron chi connectivity index (χ2n) is 0.777. The van der Waals surface area contributed by atoms with Crippen molar-refractivity contribution in [2.45, 2.75) is 6.92 Å². The third kappa shape index (κ3) is 3.80. The van der Waals surface area contributed by atoms with Crippen LogP contribution in [0.4, 0.5) is 0 Å². The Kier molecular flexibility index (Phi) is 1.98. The van der Waals surface area contributed by atoms with E-state index in [1.807, 2.05) is 0 Å². The molecule has 1 radical (unpaired) electrons. The molecule has 0 aromatic heterocycles. The zero-order valence-corrected chi connectivity index (χ0v) is 3.06. The third-order valence-electron chi connectivity index (χ3n) is 0.235. The van der Waals surface area contributed by atoms with Gasteiger partial charge in [-0.25, -0.2) is 0 Å². The molecule has 0 spiro atoms. The number of hydrogen-bond acceptors (Lipinski definition) is 1. The van der Waals surface area contributed by atoms with Gasteiger partial charge >= 0.3 is 31.6 Å². The van der Waals surface area contributed by atoms with E-state index < -0.39 is 0 Å². The molecule has 0 fully saturated rings. The molecule has 0 atom stereocenters. The molecule has 0 aromatic rings. The van der Waals surface area contributed by atoms with Gasteiger partial charge in [-0.1, -0.05) is 0 Å². The van der Waals surface area contributed by atoms with Crippen LogP contribution in [0.25, 0.3) is 0 Å². The number of rotatable bonds is 1. The second-order valence-corrected chi connectivity index (χ2v) is 0.777. The molecule has 1 nitrogen and oxygen atoms in total. The summed E-state index contributed by atoms with van der Waals surface area (Å²) in [5.74, 6) is 0. The molecule has 0 amide bonds. The van der Waals surface area contributed by atoms with Crippen molar-refractivity contribution in [3.05, 3.63) is 0 Å². The number of carbonyl (C=O) groups is 1. The molecule has 0 unspecified atom stereocenters. The molecular formula is C2H3B2O. The fourth-order valence-corrected chi connectivity index (χ4v) is 0. The van der Waals surface area contributed by atoms with Crippen LogP contribution >= 0.6 is 0 Å². The third-order valence-corrected chi connectivity index (χ3v) is 0.235. The van der Waals surface area contributed by atoms with Crippen LogP contribution in [0.15, 0.2) is 0 Å². The molecule has 0 aliphatic heterocycles. The maximum absolute atomic E-state index is 9.63. The minimum absolute atomic E-state index is 0.0926. The average Bonchev–Trinajstić information content (AvgIpc) is 1.38. The van der Waals surface area contributed by atoms with Gasteiger partial charge in [0.05, 0.1) is 0 Å². The van der Waals surface area contributed by atoms with E-state index in [1.165, 1.54) is 6.92 Å². The van der Waals surface area contributed by atoms with Crippen molar-refractivity contribution in [3.8, 4) is 0 Å². The van der Waals surface area contributed by atoms with E-state index in [4.69, 9.17) is 7.37 Å². The van der Waals surface area contributed by atoms with Crippen LogP contribution in [0.2, 0.25) is 0 Å². The van der Waals surface area contributed by atoms with Gasteiger partial charge in [0, 0.05) is 0 Å². The van der Waals surface area contributed by atoms with Crippen molar-refractivity contribution in [1.82, 2.24) is 0 Å². The van der Waals surface area contributed by atoms with Crippen molar-refractivity contribution < 1.29 is 4.79 Å². The zero-order chi connectivity index (χ0) is 4.28. The summed E-state index contributed by atoms with van der Waals surface area (Å²) >= 11 is 0. The summed E-state index contributed by atoms with van der Waals surface area (Å²) in [6, 6.07) is 0. The van der Waals surface area contributed by atoms with Gasteiger partial charge < -0.3 is 0 Å². The molecule has 0 heterocycles. The van der Waals surface area contributed by atoms with Crippen LogP contribution < -0.4 is 0 Å². The Balaban J connectivity index is 3.20. The zero-order valence-electron chi connectivity index (χ0n) is 3.06. The van der Waals surface area contributed by atoms with Crippen LogP contribution in [-0.4, -0.2) is 19.9 Å². The van der Waals surface area contributed by atoms with E-state index in [9.17, 15) is 4.79 Å². The van der Waals surface area contributed by atoms with E-state index in [0.29, 0.717) is 0 Å². The second kappa shape index (κ2) is 2.06. The van der Waals surface area contributed by atoms with E-state index in [0.717, 1.165) is 6.80 Å². The summed E-state index contributed by atoms with van der Waals surface area (Å²) in [6.07, 6.45) is 0. The normalized spacial score (nSPS) is 5.60. The molecule has 0 N–H and O–H groups in total.